The maximum atomic E-state index is 11.6. The van der Waals surface area contributed by atoms with Crippen LogP contribution in [0, 0.1) is 0 Å². The summed E-state index contributed by atoms with van der Waals surface area (Å²) in [6, 6.07) is 5.70. The molecule has 1 aromatic rings. The van der Waals surface area contributed by atoms with Crippen LogP contribution >= 0.6 is 0 Å². The fraction of sp³-hybridized carbons (Fsp3) is 0.533. The second-order valence-electron chi connectivity index (χ2n) is 5.20. The maximum absolute atomic E-state index is 11.6. The molecule has 0 radical (unpaired) electrons. The van der Waals surface area contributed by atoms with E-state index in [1.54, 1.807) is 7.11 Å². The van der Waals surface area contributed by atoms with Gasteiger partial charge in [0, 0.05) is 32.9 Å². The number of nitrogens with two attached hydrogens (primary N) is 1. The highest BCUT2D eigenvalue weighted by Crippen LogP contribution is 2.28. The number of nitrogens with zero attached hydrogens (tertiary/aromatic N) is 1. The van der Waals surface area contributed by atoms with Gasteiger partial charge in [-0.25, -0.2) is 0 Å². The molecule has 2 rings (SSSR count). The molecule has 0 saturated heterocycles. The molecule has 5 nitrogen and oxygen atoms in total. The van der Waals surface area contributed by atoms with Gasteiger partial charge in [-0.3, -0.25) is 10.1 Å². The van der Waals surface area contributed by atoms with E-state index in [1.165, 1.54) is 11.3 Å². The molecule has 0 aromatic heterocycles. The zero-order valence-electron chi connectivity index (χ0n) is 12.2. The van der Waals surface area contributed by atoms with Crippen molar-refractivity contribution in [3.05, 3.63) is 29.3 Å². The van der Waals surface area contributed by atoms with E-state index in [0.29, 0.717) is 13.2 Å². The first-order valence-electron chi connectivity index (χ1n) is 6.99. The van der Waals surface area contributed by atoms with E-state index in [2.05, 4.69) is 29.4 Å². The minimum Gasteiger partial charge on any atom is -0.383 e. The zero-order valence-corrected chi connectivity index (χ0v) is 12.2. The van der Waals surface area contributed by atoms with Crippen molar-refractivity contribution < 1.29 is 9.53 Å². The number of nitrogens with one attached hydrogen (secondary N) is 1. The van der Waals surface area contributed by atoms with Crippen molar-refractivity contribution in [3.8, 4) is 0 Å². The van der Waals surface area contributed by atoms with Crippen LogP contribution in [0.5, 0.6) is 0 Å². The van der Waals surface area contributed by atoms with E-state index in [4.69, 9.17) is 10.5 Å². The van der Waals surface area contributed by atoms with E-state index >= 15 is 0 Å². The first kappa shape index (κ1) is 14.8. The van der Waals surface area contributed by atoms with E-state index in [9.17, 15) is 4.79 Å². The van der Waals surface area contributed by atoms with Gasteiger partial charge in [-0.2, -0.15) is 0 Å². The van der Waals surface area contributed by atoms with Gasteiger partial charge in [0.1, 0.15) is 6.04 Å². The molecule has 0 fully saturated rings. The van der Waals surface area contributed by atoms with Crippen LogP contribution in [0.2, 0.25) is 0 Å². The van der Waals surface area contributed by atoms with Crippen LogP contribution in [-0.2, 0) is 16.0 Å². The molecule has 0 saturated carbocycles. The summed E-state index contributed by atoms with van der Waals surface area (Å²) >= 11 is 0. The molecule has 1 aliphatic rings. The third-order valence-corrected chi connectivity index (χ3v) is 3.73. The van der Waals surface area contributed by atoms with E-state index in [1.807, 2.05) is 6.07 Å². The topological polar surface area (TPSA) is 67.6 Å². The minimum absolute atomic E-state index is 0.356. The molecule has 1 aromatic carbocycles. The summed E-state index contributed by atoms with van der Waals surface area (Å²) in [4.78, 5) is 13.9. The lowest BCUT2D eigenvalue weighted by molar-refractivity contribution is -0.120. The highest BCUT2D eigenvalue weighted by Gasteiger charge is 2.20. The van der Waals surface area contributed by atoms with Crippen LogP contribution in [0.15, 0.2) is 18.2 Å². The Morgan fingerprint density at radius 1 is 1.55 bits per heavy atom. The highest BCUT2D eigenvalue weighted by atomic mass is 16.5. The lowest BCUT2D eigenvalue weighted by Crippen LogP contribution is -2.35. The van der Waals surface area contributed by atoms with Crippen molar-refractivity contribution in [3.63, 3.8) is 0 Å². The Morgan fingerprint density at radius 2 is 2.35 bits per heavy atom. The summed E-state index contributed by atoms with van der Waals surface area (Å²) in [7, 11) is 3.73. The number of primary amides is 1. The molecule has 0 bridgehead atoms. The summed E-state index contributed by atoms with van der Waals surface area (Å²) in [5, 5.41) is 3.14. The molecule has 110 valence electrons. The Hall–Kier alpha value is -1.59. The number of aryl methyl sites for hydroxylation is 1. The molecular formula is C15H23N3O2. The normalized spacial score (nSPS) is 15.8. The molecular weight excluding hydrogens is 254 g/mol. The summed E-state index contributed by atoms with van der Waals surface area (Å²) < 4.78 is 4.99. The van der Waals surface area contributed by atoms with E-state index in [-0.39, 0.29) is 5.91 Å². The fourth-order valence-corrected chi connectivity index (χ4v) is 2.67. The molecule has 5 heteroatoms. The third-order valence-electron chi connectivity index (χ3n) is 3.73. The number of benzene rings is 1. The largest absolute Gasteiger partial charge is 0.383 e. The van der Waals surface area contributed by atoms with Crippen LogP contribution in [0.1, 0.15) is 23.6 Å². The van der Waals surface area contributed by atoms with E-state index < -0.39 is 6.04 Å². The van der Waals surface area contributed by atoms with Crippen molar-refractivity contribution in [2.24, 2.45) is 5.73 Å². The number of amides is 1. The van der Waals surface area contributed by atoms with E-state index in [0.717, 1.165) is 24.9 Å². The molecule has 20 heavy (non-hydrogen) atoms. The van der Waals surface area contributed by atoms with Gasteiger partial charge in [-0.1, -0.05) is 12.1 Å². The summed E-state index contributed by atoms with van der Waals surface area (Å²) in [6.07, 6.45) is 2.20. The monoisotopic (exact) mass is 277 g/mol. The second-order valence-corrected chi connectivity index (χ2v) is 5.20. The molecule has 0 spiro atoms. The number of carbonyl (C=O) groups is 1. The average molecular weight is 277 g/mol. The SMILES string of the molecule is COCCNC(C(N)=O)c1ccc2c(c1)CCCN2C. The Balaban J connectivity index is 2.19. The fourth-order valence-electron chi connectivity index (χ4n) is 2.67. The zero-order chi connectivity index (χ0) is 14.5. The molecule has 1 unspecified atom stereocenters. The van der Waals surface area contributed by atoms with Crippen molar-refractivity contribution >= 4 is 11.6 Å². The lowest BCUT2D eigenvalue weighted by Gasteiger charge is -2.28. The van der Waals surface area contributed by atoms with Gasteiger partial charge in [-0.15, -0.1) is 0 Å². The Labute approximate surface area is 120 Å². The van der Waals surface area contributed by atoms with Gasteiger partial charge in [0.15, 0.2) is 0 Å². The van der Waals surface area contributed by atoms with Crippen molar-refractivity contribution in [1.29, 1.82) is 0 Å². The quantitative estimate of drug-likeness (QED) is 0.756. The number of methoxy groups -OCH3 is 1. The summed E-state index contributed by atoms with van der Waals surface area (Å²) in [5.41, 5.74) is 8.97. The van der Waals surface area contributed by atoms with Gasteiger partial charge < -0.3 is 15.4 Å². The molecule has 0 aliphatic carbocycles. The molecule has 3 N–H and O–H groups in total. The number of hydrogen-bond donors (Lipinski definition) is 2. The second kappa shape index (κ2) is 6.72. The predicted molar refractivity (Wildman–Crippen MR) is 79.8 cm³/mol. The number of ether oxygens (including phenoxy) is 1. The van der Waals surface area contributed by atoms with Crippen molar-refractivity contribution in [2.75, 3.05) is 38.8 Å². The molecule has 1 aliphatic heterocycles. The standard InChI is InChI=1S/C15H23N3O2/c1-18-8-3-4-11-10-12(5-6-13(11)18)14(15(16)19)17-7-9-20-2/h5-6,10,14,17H,3-4,7-9H2,1-2H3,(H2,16,19). The lowest BCUT2D eigenvalue weighted by atomic mass is 9.96. The van der Waals surface area contributed by atoms with Gasteiger partial charge in [0.2, 0.25) is 5.91 Å². The minimum atomic E-state index is -0.456. The van der Waals surface area contributed by atoms with Crippen LogP contribution in [0.25, 0.3) is 0 Å². The highest BCUT2D eigenvalue weighted by molar-refractivity contribution is 5.81. The van der Waals surface area contributed by atoms with Crippen LogP contribution < -0.4 is 16.0 Å². The number of fused-ring (bicyclic) bond motifs is 1. The average Bonchev–Trinajstić information content (AvgIpc) is 2.43. The van der Waals surface area contributed by atoms with Crippen LogP contribution in [0.4, 0.5) is 5.69 Å². The number of anilines is 1. The predicted octanol–water partition coefficient (Wildman–Crippen LogP) is 0.831. The number of carbonyl (C=O) groups excluding carboxylic acids is 1. The van der Waals surface area contributed by atoms with Gasteiger partial charge in [-0.05, 0) is 30.0 Å². The summed E-state index contributed by atoms with van der Waals surface area (Å²) in [5.74, 6) is -0.356. The number of hydrogen-bond acceptors (Lipinski definition) is 4. The van der Waals surface area contributed by atoms with Crippen LogP contribution in [0.3, 0.4) is 0 Å². The van der Waals surface area contributed by atoms with Gasteiger partial charge in [0.25, 0.3) is 0 Å². The van der Waals surface area contributed by atoms with Crippen molar-refractivity contribution in [1.82, 2.24) is 5.32 Å². The number of rotatable bonds is 6. The first-order valence-corrected chi connectivity index (χ1v) is 6.99. The van der Waals surface area contributed by atoms with Crippen molar-refractivity contribution in [2.45, 2.75) is 18.9 Å². The maximum Gasteiger partial charge on any atom is 0.239 e. The molecule has 1 amide bonds. The molecule has 1 heterocycles. The Bertz CT molecular complexity index is 476. The Kier molecular flexibility index (Phi) is 4.98. The first-order chi connectivity index (χ1) is 9.63. The summed E-state index contributed by atoms with van der Waals surface area (Å²) in [6.45, 7) is 2.23. The molecule has 1 atom stereocenters. The Morgan fingerprint density at radius 3 is 3.05 bits per heavy atom. The third kappa shape index (κ3) is 3.29. The van der Waals surface area contributed by atoms with Gasteiger partial charge in [0.05, 0.1) is 6.61 Å². The smallest absolute Gasteiger partial charge is 0.239 e. The van der Waals surface area contributed by atoms with Gasteiger partial charge >= 0.3 is 0 Å². The van der Waals surface area contributed by atoms with Crippen LogP contribution in [-0.4, -0.2) is 39.8 Å².